The molecule has 0 fully saturated rings. The van der Waals surface area contributed by atoms with Crippen LogP contribution < -0.4 is 5.32 Å². The van der Waals surface area contributed by atoms with Crippen molar-refractivity contribution in [2.24, 2.45) is 0 Å². The second kappa shape index (κ2) is 5.48. The van der Waals surface area contributed by atoms with Gasteiger partial charge in [0, 0.05) is 11.8 Å². The zero-order valence-electron chi connectivity index (χ0n) is 11.3. The highest BCUT2D eigenvalue weighted by Crippen LogP contribution is 2.20. The van der Waals surface area contributed by atoms with Gasteiger partial charge in [0.25, 0.3) is 0 Å². The van der Waals surface area contributed by atoms with Crippen LogP contribution in [0.5, 0.6) is 0 Å². The van der Waals surface area contributed by atoms with Crippen molar-refractivity contribution in [1.29, 1.82) is 0 Å². The largest absolute Gasteiger partial charge is 0.319 e. The maximum atomic E-state index is 13.8. The van der Waals surface area contributed by atoms with Crippen LogP contribution in [-0.4, -0.2) is 23.4 Å². The minimum atomic E-state index is -0.606. The Morgan fingerprint density at radius 3 is 2.63 bits per heavy atom. The molecule has 0 aliphatic carbocycles. The van der Waals surface area contributed by atoms with Gasteiger partial charge >= 0.3 is 0 Å². The summed E-state index contributed by atoms with van der Waals surface area (Å²) >= 11 is 0. The van der Waals surface area contributed by atoms with Crippen molar-refractivity contribution in [1.82, 2.24) is 15.1 Å². The Bertz CT molecular complexity index is 591. The molecule has 5 heteroatoms. The molecule has 0 saturated carbocycles. The number of hydrogen-bond acceptors (Lipinski definition) is 2. The van der Waals surface area contributed by atoms with Gasteiger partial charge in [0.1, 0.15) is 11.5 Å². The molecule has 0 spiro atoms. The van der Waals surface area contributed by atoms with Crippen LogP contribution in [0.2, 0.25) is 0 Å². The van der Waals surface area contributed by atoms with E-state index in [1.54, 1.807) is 0 Å². The predicted molar refractivity (Wildman–Crippen MR) is 70.6 cm³/mol. The number of likely N-dealkylation sites (N-methyl/N-ethyl adjacent to an activating group) is 1. The molecule has 0 aliphatic rings. The molecule has 0 saturated heterocycles. The quantitative estimate of drug-likeness (QED) is 0.920. The lowest BCUT2D eigenvalue weighted by Crippen LogP contribution is -2.11. The molecule has 1 heterocycles. The summed E-state index contributed by atoms with van der Waals surface area (Å²) < 4.78 is 28.3. The van der Waals surface area contributed by atoms with Crippen molar-refractivity contribution in [2.75, 3.05) is 13.6 Å². The summed E-state index contributed by atoms with van der Waals surface area (Å²) in [7, 11) is 1.88. The Hall–Kier alpha value is -1.75. The topological polar surface area (TPSA) is 29.9 Å². The number of aromatic nitrogens is 2. The molecule has 2 rings (SSSR count). The zero-order chi connectivity index (χ0) is 14.0. The van der Waals surface area contributed by atoms with E-state index >= 15 is 0 Å². The third kappa shape index (κ3) is 2.66. The second-order valence-corrected chi connectivity index (χ2v) is 4.51. The third-order valence-corrected chi connectivity index (χ3v) is 3.20. The molecular weight excluding hydrogens is 248 g/mol. The molecule has 3 nitrogen and oxygen atoms in total. The van der Waals surface area contributed by atoms with Gasteiger partial charge in [-0.25, -0.2) is 13.5 Å². The third-order valence-electron chi connectivity index (χ3n) is 3.20. The lowest BCUT2D eigenvalue weighted by molar-refractivity contribution is 0.572. The molecule has 2 aromatic rings. The van der Waals surface area contributed by atoms with Gasteiger partial charge in [-0.2, -0.15) is 5.10 Å². The number of halogens is 2. The highest BCUT2D eigenvalue weighted by molar-refractivity contribution is 5.38. The van der Waals surface area contributed by atoms with E-state index in [2.05, 4.69) is 10.4 Å². The molecule has 0 unspecified atom stereocenters. The molecule has 1 N–H and O–H groups in total. The highest BCUT2D eigenvalue weighted by Gasteiger charge is 2.15. The van der Waals surface area contributed by atoms with E-state index in [1.165, 1.54) is 16.8 Å². The standard InChI is InChI=1S/C14H17F2N3/c1-9-12(6-7-17-3)10(2)19(18-9)14-5-4-11(15)8-13(14)16/h4-5,8,17H,6-7H2,1-3H3. The second-order valence-electron chi connectivity index (χ2n) is 4.51. The minimum absolute atomic E-state index is 0.276. The van der Waals surface area contributed by atoms with Crippen LogP contribution in [0.3, 0.4) is 0 Å². The monoisotopic (exact) mass is 265 g/mol. The van der Waals surface area contributed by atoms with Gasteiger partial charge in [0.2, 0.25) is 0 Å². The summed E-state index contributed by atoms with van der Waals surface area (Å²) in [6.07, 6.45) is 0.830. The van der Waals surface area contributed by atoms with E-state index in [0.29, 0.717) is 0 Å². The van der Waals surface area contributed by atoms with E-state index < -0.39 is 11.6 Å². The van der Waals surface area contributed by atoms with Crippen LogP contribution in [0.1, 0.15) is 17.0 Å². The van der Waals surface area contributed by atoms with Gasteiger partial charge in [-0.1, -0.05) is 0 Å². The van der Waals surface area contributed by atoms with E-state index in [-0.39, 0.29) is 5.69 Å². The molecule has 0 bridgehead atoms. The fourth-order valence-corrected chi connectivity index (χ4v) is 2.17. The fraction of sp³-hybridized carbons (Fsp3) is 0.357. The van der Waals surface area contributed by atoms with Crippen LogP contribution in [0.15, 0.2) is 18.2 Å². The number of nitrogens with zero attached hydrogens (tertiary/aromatic N) is 2. The number of nitrogens with one attached hydrogen (secondary N) is 1. The molecule has 19 heavy (non-hydrogen) atoms. The first-order chi connectivity index (χ1) is 9.04. The fourth-order valence-electron chi connectivity index (χ4n) is 2.17. The first-order valence-electron chi connectivity index (χ1n) is 6.19. The minimum Gasteiger partial charge on any atom is -0.319 e. The molecule has 102 valence electrons. The summed E-state index contributed by atoms with van der Waals surface area (Å²) in [6.45, 7) is 4.63. The van der Waals surface area contributed by atoms with Crippen molar-refractivity contribution in [2.45, 2.75) is 20.3 Å². The Kier molecular flexibility index (Phi) is 3.95. The smallest absolute Gasteiger partial charge is 0.151 e. The lowest BCUT2D eigenvalue weighted by Gasteiger charge is -2.07. The van der Waals surface area contributed by atoms with E-state index in [4.69, 9.17) is 0 Å². The van der Waals surface area contributed by atoms with Crippen LogP contribution in [0.25, 0.3) is 5.69 Å². The summed E-state index contributed by atoms with van der Waals surface area (Å²) in [5.41, 5.74) is 3.13. The van der Waals surface area contributed by atoms with Gasteiger partial charge in [0.05, 0.1) is 5.69 Å². The molecular formula is C14H17F2N3. The number of aryl methyl sites for hydroxylation is 1. The first kappa shape index (κ1) is 13.7. The summed E-state index contributed by atoms with van der Waals surface area (Å²) in [5, 5.41) is 7.43. The zero-order valence-corrected chi connectivity index (χ0v) is 11.3. The SMILES string of the molecule is CNCCc1c(C)nn(-c2ccc(F)cc2F)c1C. The van der Waals surface area contributed by atoms with E-state index in [9.17, 15) is 8.78 Å². The first-order valence-corrected chi connectivity index (χ1v) is 6.19. The molecule has 0 aliphatic heterocycles. The Morgan fingerprint density at radius 1 is 1.26 bits per heavy atom. The summed E-state index contributed by atoms with van der Waals surface area (Å²) in [4.78, 5) is 0. The van der Waals surface area contributed by atoms with Gasteiger partial charge in [-0.3, -0.25) is 0 Å². The molecule has 0 radical (unpaired) electrons. The maximum absolute atomic E-state index is 13.8. The number of rotatable bonds is 4. The molecule has 0 amide bonds. The van der Waals surface area contributed by atoms with Crippen LogP contribution in [-0.2, 0) is 6.42 Å². The molecule has 1 aromatic carbocycles. The molecule has 0 atom stereocenters. The van der Waals surface area contributed by atoms with Crippen molar-refractivity contribution in [3.05, 3.63) is 46.8 Å². The predicted octanol–water partition coefficient (Wildman–Crippen LogP) is 2.53. The van der Waals surface area contributed by atoms with Crippen molar-refractivity contribution < 1.29 is 8.78 Å². The summed E-state index contributed by atoms with van der Waals surface area (Å²) in [5.74, 6) is -1.19. The van der Waals surface area contributed by atoms with Crippen molar-refractivity contribution in [3.63, 3.8) is 0 Å². The van der Waals surface area contributed by atoms with Crippen LogP contribution >= 0.6 is 0 Å². The van der Waals surface area contributed by atoms with Gasteiger partial charge in [-0.05, 0) is 51.6 Å². The van der Waals surface area contributed by atoms with E-state index in [1.807, 2.05) is 20.9 Å². The average Bonchev–Trinajstić information content (AvgIpc) is 2.63. The normalized spacial score (nSPS) is 11.0. The summed E-state index contributed by atoms with van der Waals surface area (Å²) in [6, 6.07) is 3.52. The van der Waals surface area contributed by atoms with Gasteiger partial charge in [0.15, 0.2) is 5.82 Å². The average molecular weight is 265 g/mol. The molecule has 1 aromatic heterocycles. The van der Waals surface area contributed by atoms with Crippen molar-refractivity contribution >= 4 is 0 Å². The Labute approximate surface area is 111 Å². The number of hydrogen-bond donors (Lipinski definition) is 1. The maximum Gasteiger partial charge on any atom is 0.151 e. The van der Waals surface area contributed by atoms with E-state index in [0.717, 1.165) is 36.0 Å². The lowest BCUT2D eigenvalue weighted by atomic mass is 10.1. The van der Waals surface area contributed by atoms with Gasteiger partial charge < -0.3 is 5.32 Å². The Balaban J connectivity index is 2.45. The van der Waals surface area contributed by atoms with Gasteiger partial charge in [-0.15, -0.1) is 0 Å². The number of benzene rings is 1. The van der Waals surface area contributed by atoms with Crippen LogP contribution in [0, 0.1) is 25.5 Å². The Morgan fingerprint density at radius 2 is 2.00 bits per heavy atom. The highest BCUT2D eigenvalue weighted by atomic mass is 19.1. The van der Waals surface area contributed by atoms with Crippen LogP contribution in [0.4, 0.5) is 8.78 Å². The van der Waals surface area contributed by atoms with Crippen molar-refractivity contribution in [3.8, 4) is 5.69 Å².